The van der Waals surface area contributed by atoms with Gasteiger partial charge in [0.15, 0.2) is 47.9 Å². The van der Waals surface area contributed by atoms with Crippen LogP contribution in [-0.2, 0) is 26.9 Å². The second-order valence-electron chi connectivity index (χ2n) is 13.8. The Morgan fingerprint density at radius 1 is 0.562 bits per heavy atom. The molecular formula is C21H52O6Si5. The van der Waals surface area contributed by atoms with Gasteiger partial charge in [-0.15, -0.1) is 0 Å². The highest BCUT2D eigenvalue weighted by atomic mass is 28.4. The maximum absolute atomic E-state index is 6.78. The minimum Gasteiger partial charge on any atom is -0.415 e. The van der Waals surface area contributed by atoms with Crippen LogP contribution in [0.25, 0.3) is 0 Å². The zero-order chi connectivity index (χ0) is 25.3. The van der Waals surface area contributed by atoms with Crippen molar-refractivity contribution in [2.45, 2.75) is 129 Å². The Bertz CT molecular complexity index is 586. The summed E-state index contributed by atoms with van der Waals surface area (Å²) in [4.78, 5) is 0. The Kier molecular flexibility index (Phi) is 10.5. The molecule has 0 spiro atoms. The zero-order valence-corrected chi connectivity index (χ0v) is 28.5. The highest BCUT2D eigenvalue weighted by Crippen LogP contribution is 2.36. The molecule has 192 valence electrons. The van der Waals surface area contributed by atoms with Gasteiger partial charge >= 0.3 is 0 Å². The summed E-state index contributed by atoms with van der Waals surface area (Å²) in [6.07, 6.45) is -1.43. The van der Waals surface area contributed by atoms with Crippen molar-refractivity contribution in [1.82, 2.24) is 0 Å². The van der Waals surface area contributed by atoms with Crippen LogP contribution in [0, 0.1) is 0 Å². The molecule has 0 saturated carbocycles. The second kappa shape index (κ2) is 10.8. The molecule has 0 radical (unpaired) electrons. The molecule has 0 N–H and O–H groups in total. The van der Waals surface area contributed by atoms with Crippen molar-refractivity contribution in [1.29, 1.82) is 0 Å². The van der Waals surface area contributed by atoms with E-state index in [2.05, 4.69) is 98.2 Å². The molecule has 1 aliphatic heterocycles. The number of hydrogen-bond acceptors (Lipinski definition) is 6. The summed E-state index contributed by atoms with van der Waals surface area (Å²) in [6, 6.07) is 0. The van der Waals surface area contributed by atoms with E-state index in [1.807, 2.05) is 0 Å². The Balaban J connectivity index is 3.41. The van der Waals surface area contributed by atoms with Crippen LogP contribution in [0.3, 0.4) is 0 Å². The van der Waals surface area contributed by atoms with Crippen molar-refractivity contribution >= 4 is 41.6 Å². The van der Waals surface area contributed by atoms with E-state index in [9.17, 15) is 0 Å². The fourth-order valence-corrected chi connectivity index (χ4v) is 8.26. The van der Waals surface area contributed by atoms with Crippen LogP contribution in [-0.4, -0.2) is 78.9 Å². The smallest absolute Gasteiger partial charge is 0.187 e. The molecule has 6 nitrogen and oxygen atoms in total. The summed E-state index contributed by atoms with van der Waals surface area (Å²) in [6.45, 7) is 33.6. The van der Waals surface area contributed by atoms with Gasteiger partial charge in [-0.2, -0.15) is 0 Å². The Morgan fingerprint density at radius 3 is 1.38 bits per heavy atom. The summed E-state index contributed by atoms with van der Waals surface area (Å²) in [5.41, 5.74) is 0. The fraction of sp³-hybridized carbons (Fsp3) is 1.00. The topological polar surface area (TPSA) is 55.4 Å². The van der Waals surface area contributed by atoms with Gasteiger partial charge in [0.1, 0.15) is 18.3 Å². The first-order valence-corrected chi connectivity index (χ1v) is 29.0. The quantitative estimate of drug-likeness (QED) is 0.280. The summed E-state index contributed by atoms with van der Waals surface area (Å²) < 4.78 is 39.7. The maximum atomic E-state index is 6.78. The maximum Gasteiger partial charge on any atom is 0.187 e. The molecule has 0 amide bonds. The summed E-state index contributed by atoms with van der Waals surface area (Å²) in [7, 11) is -9.25. The van der Waals surface area contributed by atoms with E-state index < -0.39 is 47.9 Å². The second-order valence-corrected chi connectivity index (χ2v) is 36.1. The van der Waals surface area contributed by atoms with Gasteiger partial charge in [0.25, 0.3) is 0 Å². The summed E-state index contributed by atoms with van der Waals surface area (Å²) >= 11 is 0. The first-order chi connectivity index (χ1) is 14.0. The van der Waals surface area contributed by atoms with Crippen molar-refractivity contribution in [2.24, 2.45) is 0 Å². The van der Waals surface area contributed by atoms with E-state index in [-0.39, 0.29) is 24.4 Å². The van der Waals surface area contributed by atoms with Gasteiger partial charge in [0.05, 0.1) is 12.7 Å². The number of rotatable bonds is 12. The molecule has 1 saturated heterocycles. The normalized spacial score (nSPS) is 27.1. The molecule has 0 unspecified atom stereocenters. The minimum absolute atomic E-state index is 0.210. The molecule has 0 aromatic carbocycles. The monoisotopic (exact) mass is 540 g/mol. The van der Waals surface area contributed by atoms with Crippen LogP contribution in [0.15, 0.2) is 0 Å². The molecule has 1 heterocycles. The zero-order valence-electron chi connectivity index (χ0n) is 23.5. The van der Waals surface area contributed by atoms with Gasteiger partial charge in [-0.05, 0) is 98.2 Å². The van der Waals surface area contributed by atoms with Gasteiger partial charge in [0.2, 0.25) is 0 Å². The standard InChI is InChI=1S/C21H52O6Si5/c1-28(2,3)22-16-17(24-29(4,5)6)18-19(25-30(7,8)9)20(26-31(10,11)12)21(23-18)27-32(13,14)15/h17-21H,16H2,1-15H3/t17-,18+,19+,20-,21-/m1/s1. The van der Waals surface area contributed by atoms with Crippen molar-refractivity contribution in [2.75, 3.05) is 6.61 Å². The summed E-state index contributed by atoms with van der Waals surface area (Å²) in [5, 5.41) is 0. The first kappa shape index (κ1) is 30.9. The van der Waals surface area contributed by atoms with Gasteiger partial charge < -0.3 is 26.9 Å². The average Bonchev–Trinajstić information content (AvgIpc) is 2.74. The lowest BCUT2D eigenvalue weighted by Gasteiger charge is -2.38. The molecule has 1 rings (SSSR count). The predicted molar refractivity (Wildman–Crippen MR) is 147 cm³/mol. The average molecular weight is 541 g/mol. The highest BCUT2D eigenvalue weighted by molar-refractivity contribution is 6.71. The van der Waals surface area contributed by atoms with E-state index in [0.29, 0.717) is 6.61 Å². The van der Waals surface area contributed by atoms with Gasteiger partial charge in [-0.1, -0.05) is 0 Å². The van der Waals surface area contributed by atoms with E-state index in [4.69, 9.17) is 26.9 Å². The molecule has 5 atom stereocenters. The van der Waals surface area contributed by atoms with Gasteiger partial charge in [0, 0.05) is 0 Å². The molecular weight excluding hydrogens is 489 g/mol. The minimum atomic E-state index is -1.90. The summed E-state index contributed by atoms with van der Waals surface area (Å²) in [5.74, 6) is 0. The van der Waals surface area contributed by atoms with E-state index in [1.54, 1.807) is 0 Å². The van der Waals surface area contributed by atoms with Crippen molar-refractivity contribution in [3.63, 3.8) is 0 Å². The van der Waals surface area contributed by atoms with E-state index in [1.165, 1.54) is 0 Å². The Labute approximate surface area is 203 Å². The van der Waals surface area contributed by atoms with Crippen molar-refractivity contribution in [3.8, 4) is 0 Å². The van der Waals surface area contributed by atoms with Crippen LogP contribution in [0.4, 0.5) is 0 Å². The lowest BCUT2D eigenvalue weighted by Crippen LogP contribution is -2.53. The lowest BCUT2D eigenvalue weighted by atomic mass is 10.1. The SMILES string of the molecule is C[Si](C)(C)OC[C@@H](O[Si](C)(C)C)[C@@H]1O[C@H](O[Si](C)(C)C)[C@H](O[Si](C)(C)C)[C@H]1O[Si](C)(C)C. The first-order valence-electron chi connectivity index (χ1n) is 12.0. The highest BCUT2D eigenvalue weighted by Gasteiger charge is 2.54. The Hall–Kier alpha value is 0.844. The Morgan fingerprint density at radius 2 is 1.00 bits per heavy atom. The van der Waals surface area contributed by atoms with E-state index in [0.717, 1.165) is 0 Å². The third-order valence-corrected chi connectivity index (χ3v) is 9.15. The van der Waals surface area contributed by atoms with Crippen LogP contribution in [0.1, 0.15) is 0 Å². The molecule has 32 heavy (non-hydrogen) atoms. The van der Waals surface area contributed by atoms with Gasteiger partial charge in [-0.25, -0.2) is 0 Å². The molecule has 0 bridgehead atoms. The largest absolute Gasteiger partial charge is 0.415 e. The van der Waals surface area contributed by atoms with Crippen LogP contribution < -0.4 is 0 Å². The van der Waals surface area contributed by atoms with Crippen LogP contribution in [0.5, 0.6) is 0 Å². The lowest BCUT2D eigenvalue weighted by molar-refractivity contribution is -0.134. The van der Waals surface area contributed by atoms with E-state index >= 15 is 0 Å². The molecule has 1 aliphatic rings. The predicted octanol–water partition coefficient (Wildman–Crippen LogP) is 6.07. The molecule has 1 fully saturated rings. The third kappa shape index (κ3) is 12.5. The number of hydrogen-bond donors (Lipinski definition) is 0. The number of ether oxygens (including phenoxy) is 1. The van der Waals surface area contributed by atoms with Crippen LogP contribution >= 0.6 is 0 Å². The molecule has 0 aromatic heterocycles. The molecule has 11 heteroatoms. The van der Waals surface area contributed by atoms with Crippen molar-refractivity contribution in [3.05, 3.63) is 0 Å². The molecule has 0 aromatic rings. The van der Waals surface area contributed by atoms with Crippen molar-refractivity contribution < 1.29 is 26.9 Å². The van der Waals surface area contributed by atoms with Gasteiger partial charge in [-0.3, -0.25) is 0 Å². The molecule has 0 aliphatic carbocycles. The van der Waals surface area contributed by atoms with Crippen LogP contribution in [0.2, 0.25) is 98.2 Å². The fourth-order valence-electron chi connectivity index (χ4n) is 3.45. The third-order valence-electron chi connectivity index (χ3n) is 4.21.